The normalized spacial score (nSPS) is 29.3. The van der Waals surface area contributed by atoms with Gasteiger partial charge in [0.25, 0.3) is 0 Å². The molecule has 3 nitrogen and oxygen atoms in total. The molecule has 3 rings (SSSR count). The van der Waals surface area contributed by atoms with Crippen molar-refractivity contribution in [3.63, 3.8) is 0 Å². The van der Waals surface area contributed by atoms with Crippen molar-refractivity contribution < 1.29 is 4.79 Å². The highest BCUT2D eigenvalue weighted by Gasteiger charge is 2.46. The summed E-state index contributed by atoms with van der Waals surface area (Å²) in [6, 6.07) is 8.86. The summed E-state index contributed by atoms with van der Waals surface area (Å²) >= 11 is 3.45. The monoisotopic (exact) mass is 336 g/mol. The third-order valence-corrected chi connectivity index (χ3v) is 5.08. The van der Waals surface area contributed by atoms with Crippen LogP contribution in [-0.4, -0.2) is 37.0 Å². The lowest BCUT2D eigenvalue weighted by molar-refractivity contribution is -0.134. The maximum atomic E-state index is 12.6. The van der Waals surface area contributed by atoms with Gasteiger partial charge in [-0.05, 0) is 49.9 Å². The molecule has 1 saturated carbocycles. The van der Waals surface area contributed by atoms with E-state index < -0.39 is 0 Å². The van der Waals surface area contributed by atoms with Crippen molar-refractivity contribution in [2.75, 3.05) is 20.1 Å². The molecule has 1 saturated heterocycles. The Balaban J connectivity index is 1.61. The number of hydrogen-bond acceptors (Lipinski definition) is 2. The van der Waals surface area contributed by atoms with Crippen molar-refractivity contribution in [1.29, 1.82) is 0 Å². The van der Waals surface area contributed by atoms with Crippen molar-refractivity contribution in [1.82, 2.24) is 10.2 Å². The van der Waals surface area contributed by atoms with Gasteiger partial charge in [-0.1, -0.05) is 28.1 Å². The van der Waals surface area contributed by atoms with Crippen LogP contribution in [0.25, 0.3) is 0 Å². The maximum Gasteiger partial charge on any atom is 0.226 e. The van der Waals surface area contributed by atoms with Gasteiger partial charge in [-0.25, -0.2) is 0 Å². The van der Waals surface area contributed by atoms with Gasteiger partial charge in [-0.15, -0.1) is 0 Å². The summed E-state index contributed by atoms with van der Waals surface area (Å²) < 4.78 is 1.10. The fourth-order valence-corrected chi connectivity index (χ4v) is 3.46. The summed E-state index contributed by atoms with van der Waals surface area (Å²) in [4.78, 5) is 14.6. The highest BCUT2D eigenvalue weighted by molar-refractivity contribution is 9.10. The van der Waals surface area contributed by atoms with Crippen LogP contribution >= 0.6 is 15.9 Å². The molecule has 1 N–H and O–H groups in total. The molecule has 3 atom stereocenters. The van der Waals surface area contributed by atoms with Gasteiger partial charge >= 0.3 is 0 Å². The van der Waals surface area contributed by atoms with Crippen LogP contribution in [0.4, 0.5) is 0 Å². The Morgan fingerprint density at radius 1 is 1.35 bits per heavy atom. The molecule has 2 aliphatic rings. The number of likely N-dealkylation sites (tertiary alicyclic amines) is 1. The van der Waals surface area contributed by atoms with Crippen molar-refractivity contribution in [2.45, 2.75) is 31.2 Å². The zero-order chi connectivity index (χ0) is 14.1. The minimum atomic E-state index is 0.215. The summed E-state index contributed by atoms with van der Waals surface area (Å²) in [6.45, 7) is 1.81. The number of rotatable bonds is 3. The van der Waals surface area contributed by atoms with E-state index in [0.717, 1.165) is 30.4 Å². The van der Waals surface area contributed by atoms with E-state index in [2.05, 4.69) is 50.4 Å². The topological polar surface area (TPSA) is 32.3 Å². The lowest BCUT2D eigenvalue weighted by Crippen LogP contribution is -2.47. The Labute approximate surface area is 128 Å². The molecule has 3 unspecified atom stereocenters. The Morgan fingerprint density at radius 2 is 2.10 bits per heavy atom. The van der Waals surface area contributed by atoms with Crippen LogP contribution in [0, 0.1) is 5.92 Å². The molecule has 2 fully saturated rings. The molecular formula is C16H21BrN2O. The molecule has 0 radical (unpaired) electrons. The molecule has 0 spiro atoms. The number of halogens is 1. The molecular weight excluding hydrogens is 316 g/mol. The van der Waals surface area contributed by atoms with Crippen LogP contribution in [0.5, 0.6) is 0 Å². The summed E-state index contributed by atoms with van der Waals surface area (Å²) in [7, 11) is 1.99. The van der Waals surface area contributed by atoms with E-state index in [-0.39, 0.29) is 5.92 Å². The van der Waals surface area contributed by atoms with Gasteiger partial charge in [0, 0.05) is 29.5 Å². The average Bonchev–Trinajstić information content (AvgIpc) is 3.28. The Kier molecular flexibility index (Phi) is 4.13. The predicted octanol–water partition coefficient (Wildman–Crippen LogP) is 2.76. The standard InChI is InChI=1S/C16H21BrN2O/c1-18-13-3-2-8-19(10-13)16(20)15-9-14(15)11-4-6-12(17)7-5-11/h4-7,13-15,18H,2-3,8-10H2,1H3. The summed E-state index contributed by atoms with van der Waals surface area (Å²) in [5, 5.41) is 3.30. The van der Waals surface area contributed by atoms with Gasteiger partial charge < -0.3 is 10.2 Å². The second-order valence-corrected chi connectivity index (χ2v) is 6.83. The molecule has 20 heavy (non-hydrogen) atoms. The van der Waals surface area contributed by atoms with Crippen molar-refractivity contribution in [3.05, 3.63) is 34.3 Å². The first kappa shape index (κ1) is 14.1. The second-order valence-electron chi connectivity index (χ2n) is 5.91. The van der Waals surface area contributed by atoms with Gasteiger partial charge in [0.05, 0.1) is 0 Å². The Morgan fingerprint density at radius 3 is 2.80 bits per heavy atom. The summed E-state index contributed by atoms with van der Waals surface area (Å²) in [5.74, 6) is 1.01. The molecule has 1 heterocycles. The highest BCUT2D eigenvalue weighted by Crippen LogP contribution is 2.48. The van der Waals surface area contributed by atoms with Gasteiger partial charge in [0.1, 0.15) is 0 Å². The first-order chi connectivity index (χ1) is 9.69. The molecule has 0 bridgehead atoms. The van der Waals surface area contributed by atoms with Gasteiger partial charge in [-0.2, -0.15) is 0 Å². The number of carbonyl (C=O) groups excluding carboxylic acids is 1. The van der Waals surface area contributed by atoms with Crippen LogP contribution < -0.4 is 5.32 Å². The van der Waals surface area contributed by atoms with E-state index in [1.165, 1.54) is 12.0 Å². The second kappa shape index (κ2) is 5.86. The minimum absolute atomic E-state index is 0.215. The van der Waals surface area contributed by atoms with Crippen LogP contribution in [-0.2, 0) is 4.79 Å². The third kappa shape index (κ3) is 2.91. The van der Waals surface area contributed by atoms with Crippen molar-refractivity contribution in [3.8, 4) is 0 Å². The largest absolute Gasteiger partial charge is 0.341 e. The fraction of sp³-hybridized carbons (Fsp3) is 0.562. The van der Waals surface area contributed by atoms with Crippen LogP contribution in [0.1, 0.15) is 30.7 Å². The molecule has 4 heteroatoms. The first-order valence-electron chi connectivity index (χ1n) is 7.40. The van der Waals surface area contributed by atoms with Gasteiger partial charge in [-0.3, -0.25) is 4.79 Å². The molecule has 1 aromatic rings. The zero-order valence-electron chi connectivity index (χ0n) is 11.8. The molecule has 1 aliphatic heterocycles. The highest BCUT2D eigenvalue weighted by atomic mass is 79.9. The number of benzene rings is 1. The van der Waals surface area contributed by atoms with E-state index in [1.807, 2.05) is 7.05 Å². The van der Waals surface area contributed by atoms with Gasteiger partial charge in [0.2, 0.25) is 5.91 Å². The smallest absolute Gasteiger partial charge is 0.226 e. The Hall–Kier alpha value is -0.870. The quantitative estimate of drug-likeness (QED) is 0.920. The lowest BCUT2D eigenvalue weighted by atomic mass is 10.0. The summed E-state index contributed by atoms with van der Waals surface area (Å²) in [5.41, 5.74) is 1.30. The Bertz CT molecular complexity index is 488. The van der Waals surface area contributed by atoms with Crippen LogP contribution in [0.15, 0.2) is 28.7 Å². The van der Waals surface area contributed by atoms with Gasteiger partial charge in [0.15, 0.2) is 0 Å². The number of nitrogens with zero attached hydrogens (tertiary/aromatic N) is 1. The number of likely N-dealkylation sites (N-methyl/N-ethyl adjacent to an activating group) is 1. The van der Waals surface area contributed by atoms with Crippen LogP contribution in [0.3, 0.4) is 0 Å². The molecule has 108 valence electrons. The van der Waals surface area contributed by atoms with E-state index in [4.69, 9.17) is 0 Å². The minimum Gasteiger partial charge on any atom is -0.341 e. The fourth-order valence-electron chi connectivity index (χ4n) is 3.19. The first-order valence-corrected chi connectivity index (χ1v) is 8.20. The maximum absolute atomic E-state index is 12.6. The van der Waals surface area contributed by atoms with Crippen molar-refractivity contribution >= 4 is 21.8 Å². The van der Waals surface area contributed by atoms with E-state index >= 15 is 0 Å². The number of amides is 1. The molecule has 1 aromatic carbocycles. The molecule has 1 amide bonds. The van der Waals surface area contributed by atoms with Crippen LogP contribution in [0.2, 0.25) is 0 Å². The van der Waals surface area contributed by atoms with E-state index in [9.17, 15) is 4.79 Å². The predicted molar refractivity (Wildman–Crippen MR) is 83.7 cm³/mol. The molecule has 1 aliphatic carbocycles. The van der Waals surface area contributed by atoms with E-state index in [1.54, 1.807) is 0 Å². The molecule has 0 aromatic heterocycles. The average molecular weight is 337 g/mol. The lowest BCUT2D eigenvalue weighted by Gasteiger charge is -2.32. The number of hydrogen-bond donors (Lipinski definition) is 1. The number of nitrogens with one attached hydrogen (secondary N) is 1. The zero-order valence-corrected chi connectivity index (χ0v) is 13.4. The number of carbonyl (C=O) groups is 1. The SMILES string of the molecule is CNC1CCCN(C(=O)C2CC2c2ccc(Br)cc2)C1. The third-order valence-electron chi connectivity index (χ3n) is 4.55. The number of piperidine rings is 1. The van der Waals surface area contributed by atoms with Crippen molar-refractivity contribution in [2.24, 2.45) is 5.92 Å². The van der Waals surface area contributed by atoms with E-state index in [0.29, 0.717) is 17.9 Å². The summed E-state index contributed by atoms with van der Waals surface area (Å²) in [6.07, 6.45) is 3.31.